The summed E-state index contributed by atoms with van der Waals surface area (Å²) < 4.78 is 20.2. The van der Waals surface area contributed by atoms with Crippen LogP contribution >= 0.6 is 16.1 Å². The molecule has 0 aromatic rings. The standard InChI is InChI=1S/C4H12O4P2/c5-9(6)3-1-2-4-10(7)8/h9-10H,1-4H2,(H,5,6)(H,7,8). The summed E-state index contributed by atoms with van der Waals surface area (Å²) in [6, 6.07) is 0. The van der Waals surface area contributed by atoms with Crippen molar-refractivity contribution in [3.05, 3.63) is 0 Å². The molecule has 2 unspecified atom stereocenters. The zero-order chi connectivity index (χ0) is 7.98. The summed E-state index contributed by atoms with van der Waals surface area (Å²) in [6.07, 6.45) is 1.70. The highest BCUT2D eigenvalue weighted by molar-refractivity contribution is 7.38. The van der Waals surface area contributed by atoms with Crippen molar-refractivity contribution in [2.24, 2.45) is 0 Å². The normalized spacial score (nSPS) is 16.6. The zero-order valence-electron chi connectivity index (χ0n) is 5.54. The Bertz CT molecular complexity index is 119. The lowest BCUT2D eigenvalue weighted by Gasteiger charge is -1.94. The molecule has 0 aromatic heterocycles. The average molecular weight is 186 g/mol. The molecule has 0 aliphatic carbocycles. The van der Waals surface area contributed by atoms with Crippen LogP contribution in [-0.2, 0) is 9.13 Å². The van der Waals surface area contributed by atoms with Gasteiger partial charge in [-0.15, -0.1) is 0 Å². The third-order valence-electron chi connectivity index (χ3n) is 1.03. The summed E-state index contributed by atoms with van der Waals surface area (Å²) in [5, 5.41) is 0. The molecule has 0 aliphatic heterocycles. The van der Waals surface area contributed by atoms with Gasteiger partial charge in [-0.3, -0.25) is 9.13 Å². The molecule has 6 heteroatoms. The lowest BCUT2D eigenvalue weighted by Crippen LogP contribution is -1.82. The van der Waals surface area contributed by atoms with E-state index < -0.39 is 16.1 Å². The molecular formula is C4H12O4P2. The minimum absolute atomic E-state index is 0.278. The molecule has 2 atom stereocenters. The van der Waals surface area contributed by atoms with Crippen LogP contribution < -0.4 is 0 Å². The minimum Gasteiger partial charge on any atom is -0.346 e. The van der Waals surface area contributed by atoms with Crippen molar-refractivity contribution in [1.29, 1.82) is 0 Å². The second-order valence-corrected chi connectivity index (χ2v) is 4.57. The molecule has 0 spiro atoms. The highest BCUT2D eigenvalue weighted by Crippen LogP contribution is 2.19. The average Bonchev–Trinajstić information content (AvgIpc) is 1.79. The zero-order valence-corrected chi connectivity index (χ0v) is 7.54. The fourth-order valence-electron chi connectivity index (χ4n) is 0.552. The summed E-state index contributed by atoms with van der Waals surface area (Å²) >= 11 is 0. The first-order valence-corrected chi connectivity index (χ1v) is 6.19. The molecule has 2 N–H and O–H groups in total. The monoisotopic (exact) mass is 186 g/mol. The topological polar surface area (TPSA) is 74.6 Å². The first-order chi connectivity index (χ1) is 4.63. The molecule has 0 heterocycles. The molecule has 0 aromatic carbocycles. The Morgan fingerprint density at radius 3 is 1.40 bits per heavy atom. The highest BCUT2D eigenvalue weighted by atomic mass is 31.1. The van der Waals surface area contributed by atoms with Gasteiger partial charge in [-0.1, -0.05) is 0 Å². The summed E-state index contributed by atoms with van der Waals surface area (Å²) in [5.41, 5.74) is 0. The van der Waals surface area contributed by atoms with Gasteiger partial charge in [0.25, 0.3) is 0 Å². The third-order valence-corrected chi connectivity index (χ3v) is 2.59. The van der Waals surface area contributed by atoms with E-state index in [9.17, 15) is 9.13 Å². The van der Waals surface area contributed by atoms with Crippen molar-refractivity contribution < 1.29 is 18.9 Å². The second-order valence-electron chi connectivity index (χ2n) is 1.99. The van der Waals surface area contributed by atoms with Crippen LogP contribution in [0, 0.1) is 0 Å². The van der Waals surface area contributed by atoms with Crippen LogP contribution in [0.3, 0.4) is 0 Å². The largest absolute Gasteiger partial charge is 0.346 e. The highest BCUT2D eigenvalue weighted by Gasteiger charge is 1.95. The summed E-state index contributed by atoms with van der Waals surface area (Å²) in [6.45, 7) is 0. The minimum atomic E-state index is -2.35. The van der Waals surface area contributed by atoms with Crippen molar-refractivity contribution in [3.63, 3.8) is 0 Å². The first kappa shape index (κ1) is 10.4. The van der Waals surface area contributed by atoms with Gasteiger partial charge in [0.15, 0.2) is 16.1 Å². The molecule has 10 heavy (non-hydrogen) atoms. The summed E-state index contributed by atoms with van der Waals surface area (Å²) in [7, 11) is -4.71. The number of hydrogen-bond donors (Lipinski definition) is 2. The molecular weight excluding hydrogens is 174 g/mol. The van der Waals surface area contributed by atoms with E-state index >= 15 is 0 Å². The molecule has 0 fully saturated rings. The van der Waals surface area contributed by atoms with Crippen LogP contribution in [-0.4, -0.2) is 22.1 Å². The molecule has 0 radical (unpaired) electrons. The van der Waals surface area contributed by atoms with Gasteiger partial charge in [0.05, 0.1) is 0 Å². The Labute approximate surface area is 61.0 Å². The van der Waals surface area contributed by atoms with E-state index in [2.05, 4.69) is 0 Å². The predicted octanol–water partition coefficient (Wildman–Crippen LogP) is 0.701. The van der Waals surface area contributed by atoms with E-state index in [1.54, 1.807) is 0 Å². The maximum Gasteiger partial charge on any atom is 0.189 e. The second kappa shape index (κ2) is 6.11. The van der Waals surface area contributed by atoms with Crippen molar-refractivity contribution in [1.82, 2.24) is 0 Å². The lowest BCUT2D eigenvalue weighted by molar-refractivity contribution is 0.494. The Kier molecular flexibility index (Phi) is 6.35. The van der Waals surface area contributed by atoms with Crippen molar-refractivity contribution in [2.75, 3.05) is 12.3 Å². The Balaban J connectivity index is 3.06. The fraction of sp³-hybridized carbons (Fsp3) is 1.00. The van der Waals surface area contributed by atoms with Crippen LogP contribution in [0.5, 0.6) is 0 Å². The van der Waals surface area contributed by atoms with Crippen LogP contribution in [0.25, 0.3) is 0 Å². The number of hydrogen-bond acceptors (Lipinski definition) is 2. The van der Waals surface area contributed by atoms with Crippen LogP contribution in [0.2, 0.25) is 0 Å². The molecule has 0 saturated heterocycles. The van der Waals surface area contributed by atoms with Crippen molar-refractivity contribution in [2.45, 2.75) is 12.8 Å². The van der Waals surface area contributed by atoms with E-state index in [4.69, 9.17) is 9.79 Å². The van der Waals surface area contributed by atoms with Gasteiger partial charge in [-0.2, -0.15) is 0 Å². The van der Waals surface area contributed by atoms with Crippen LogP contribution in [0.4, 0.5) is 0 Å². The van der Waals surface area contributed by atoms with Gasteiger partial charge in [-0.25, -0.2) is 0 Å². The Hall–Kier alpha value is 0.380. The van der Waals surface area contributed by atoms with Crippen molar-refractivity contribution >= 4 is 16.1 Å². The number of rotatable bonds is 5. The predicted molar refractivity (Wildman–Crippen MR) is 41.4 cm³/mol. The molecule has 0 saturated carbocycles. The van der Waals surface area contributed by atoms with Gasteiger partial charge in [0.2, 0.25) is 0 Å². The van der Waals surface area contributed by atoms with E-state index in [1.807, 2.05) is 0 Å². The Morgan fingerprint density at radius 2 is 1.20 bits per heavy atom. The summed E-state index contributed by atoms with van der Waals surface area (Å²) in [4.78, 5) is 16.7. The molecule has 4 nitrogen and oxygen atoms in total. The summed E-state index contributed by atoms with van der Waals surface area (Å²) in [5.74, 6) is 0. The Morgan fingerprint density at radius 1 is 0.900 bits per heavy atom. The SMILES string of the molecule is O=[PH](O)CCCC[PH](=O)O. The van der Waals surface area contributed by atoms with Gasteiger partial charge >= 0.3 is 0 Å². The molecule has 0 bridgehead atoms. The maximum atomic E-state index is 10.1. The smallest absolute Gasteiger partial charge is 0.189 e. The van der Waals surface area contributed by atoms with Crippen LogP contribution in [0.15, 0.2) is 0 Å². The molecule has 0 amide bonds. The third kappa shape index (κ3) is 8.38. The molecule has 62 valence electrons. The maximum absolute atomic E-state index is 10.1. The number of unbranched alkanes of at least 4 members (excludes halogenated alkanes) is 1. The van der Waals surface area contributed by atoms with E-state index in [0.717, 1.165) is 0 Å². The molecule has 0 aliphatic rings. The molecule has 0 rings (SSSR count). The van der Waals surface area contributed by atoms with Crippen molar-refractivity contribution in [3.8, 4) is 0 Å². The van der Waals surface area contributed by atoms with Gasteiger partial charge in [-0.05, 0) is 12.8 Å². The quantitative estimate of drug-likeness (QED) is 0.489. The van der Waals surface area contributed by atoms with Gasteiger partial charge in [0.1, 0.15) is 0 Å². The van der Waals surface area contributed by atoms with E-state index in [0.29, 0.717) is 12.8 Å². The van der Waals surface area contributed by atoms with Gasteiger partial charge < -0.3 is 9.79 Å². The van der Waals surface area contributed by atoms with E-state index in [1.165, 1.54) is 0 Å². The first-order valence-electron chi connectivity index (χ1n) is 3.06. The van der Waals surface area contributed by atoms with Crippen LogP contribution in [0.1, 0.15) is 12.8 Å². The van der Waals surface area contributed by atoms with E-state index in [-0.39, 0.29) is 12.3 Å². The van der Waals surface area contributed by atoms with Gasteiger partial charge in [0, 0.05) is 12.3 Å². The lowest BCUT2D eigenvalue weighted by atomic mass is 10.4. The fourth-order valence-corrected chi connectivity index (χ4v) is 1.66.